The Morgan fingerprint density at radius 3 is 2.61 bits per heavy atom. The molecule has 0 aromatic heterocycles. The lowest BCUT2D eigenvalue weighted by Crippen LogP contribution is -2.66. The van der Waals surface area contributed by atoms with E-state index < -0.39 is 59.0 Å². The Kier molecular flexibility index (Phi) is 5.67. The van der Waals surface area contributed by atoms with E-state index in [0.717, 1.165) is 5.75 Å². The minimum absolute atomic E-state index is 0.241. The molecule has 0 amide bonds. The van der Waals surface area contributed by atoms with Crippen molar-refractivity contribution in [2.24, 2.45) is 28.6 Å². The first-order valence-corrected chi connectivity index (χ1v) is 11.8. The monoisotopic (exact) mass is 454 g/mol. The number of carbonyl (C=O) groups excluding carboxylic acids is 3. The molecule has 2 aliphatic carbocycles. The van der Waals surface area contributed by atoms with E-state index >= 15 is 0 Å². The van der Waals surface area contributed by atoms with Gasteiger partial charge in [-0.3, -0.25) is 9.59 Å². The van der Waals surface area contributed by atoms with Crippen LogP contribution in [0.2, 0.25) is 0 Å². The second-order valence-electron chi connectivity index (χ2n) is 9.14. The molecule has 31 heavy (non-hydrogen) atoms. The van der Waals surface area contributed by atoms with Crippen LogP contribution in [0.3, 0.4) is 0 Å². The van der Waals surface area contributed by atoms with Gasteiger partial charge in [-0.15, -0.1) is 0 Å². The van der Waals surface area contributed by atoms with Crippen molar-refractivity contribution in [1.82, 2.24) is 0 Å². The Morgan fingerprint density at radius 2 is 2.00 bits per heavy atom. The predicted octanol–water partition coefficient (Wildman–Crippen LogP) is 1.69. The van der Waals surface area contributed by atoms with Gasteiger partial charge in [0.25, 0.3) is 0 Å². The number of rotatable bonds is 5. The minimum Gasteiger partial charge on any atom is -0.466 e. The van der Waals surface area contributed by atoms with Gasteiger partial charge < -0.3 is 24.1 Å². The van der Waals surface area contributed by atoms with Gasteiger partial charge in [0.2, 0.25) is 6.29 Å². The van der Waals surface area contributed by atoms with Crippen molar-refractivity contribution in [2.45, 2.75) is 57.9 Å². The van der Waals surface area contributed by atoms with Crippen molar-refractivity contribution in [1.29, 1.82) is 0 Å². The van der Waals surface area contributed by atoms with E-state index in [9.17, 15) is 19.5 Å². The van der Waals surface area contributed by atoms with E-state index in [4.69, 9.17) is 18.9 Å². The summed E-state index contributed by atoms with van der Waals surface area (Å²) in [5, 5.41) is 11.0. The van der Waals surface area contributed by atoms with Crippen LogP contribution < -0.4 is 0 Å². The number of aliphatic hydroxyl groups is 1. The zero-order valence-electron chi connectivity index (χ0n) is 18.5. The average Bonchev–Trinajstić information content (AvgIpc) is 3.00. The van der Waals surface area contributed by atoms with Crippen LogP contribution in [0.15, 0.2) is 11.6 Å². The van der Waals surface area contributed by atoms with Crippen molar-refractivity contribution in [3.63, 3.8) is 0 Å². The summed E-state index contributed by atoms with van der Waals surface area (Å²) in [5.41, 5.74) is -1.12. The van der Waals surface area contributed by atoms with Crippen LogP contribution in [0.1, 0.15) is 34.1 Å². The van der Waals surface area contributed by atoms with Crippen molar-refractivity contribution in [3.05, 3.63) is 11.6 Å². The van der Waals surface area contributed by atoms with Gasteiger partial charge in [0, 0.05) is 29.8 Å². The van der Waals surface area contributed by atoms with Crippen LogP contribution in [0.25, 0.3) is 0 Å². The number of carbonyl (C=O) groups is 3. The number of hydrogen-bond donors (Lipinski definition) is 1. The smallest absolute Gasteiger partial charge is 0.333 e. The van der Waals surface area contributed by atoms with Crippen molar-refractivity contribution >= 4 is 29.7 Å². The number of cyclic esters (lactones) is 1. The normalized spacial score (nSPS) is 45.7. The van der Waals surface area contributed by atoms with Gasteiger partial charge in [0.1, 0.15) is 12.2 Å². The number of esters is 3. The fourth-order valence-corrected chi connectivity index (χ4v) is 8.00. The highest BCUT2D eigenvalue weighted by molar-refractivity contribution is 7.99. The quantitative estimate of drug-likeness (QED) is 0.490. The third kappa shape index (κ3) is 2.99. The second kappa shape index (κ2) is 7.78. The van der Waals surface area contributed by atoms with Crippen LogP contribution in [0.5, 0.6) is 0 Å². The first kappa shape index (κ1) is 22.6. The summed E-state index contributed by atoms with van der Waals surface area (Å²) < 4.78 is 21.9. The maximum atomic E-state index is 13.1. The van der Waals surface area contributed by atoms with Gasteiger partial charge in [0.05, 0.1) is 23.9 Å². The van der Waals surface area contributed by atoms with Gasteiger partial charge in [-0.2, -0.15) is 11.8 Å². The van der Waals surface area contributed by atoms with Gasteiger partial charge in [0.15, 0.2) is 0 Å². The molecule has 4 rings (SSSR count). The summed E-state index contributed by atoms with van der Waals surface area (Å²) >= 11 is 1.61. The molecule has 2 aliphatic heterocycles. The van der Waals surface area contributed by atoms with Crippen molar-refractivity contribution in [3.8, 4) is 0 Å². The Balaban J connectivity index is 1.94. The highest BCUT2D eigenvalue weighted by Crippen LogP contribution is 2.69. The van der Waals surface area contributed by atoms with E-state index in [1.54, 1.807) is 25.6 Å². The summed E-state index contributed by atoms with van der Waals surface area (Å²) in [7, 11) is 1.41. The lowest BCUT2D eigenvalue weighted by atomic mass is 9.45. The number of ether oxygens (including phenoxy) is 4. The molecule has 9 atom stereocenters. The predicted molar refractivity (Wildman–Crippen MR) is 111 cm³/mol. The van der Waals surface area contributed by atoms with Crippen LogP contribution in [0.4, 0.5) is 0 Å². The largest absolute Gasteiger partial charge is 0.466 e. The molecule has 2 saturated carbocycles. The summed E-state index contributed by atoms with van der Waals surface area (Å²) in [6.45, 7) is 7.80. The molecule has 9 heteroatoms. The molecular weight excluding hydrogens is 424 g/mol. The molecule has 2 heterocycles. The van der Waals surface area contributed by atoms with Crippen molar-refractivity contribution in [2.75, 3.05) is 19.5 Å². The average molecular weight is 455 g/mol. The molecule has 8 nitrogen and oxygen atoms in total. The molecule has 3 fully saturated rings. The molecular formula is C22H30O8S. The topological polar surface area (TPSA) is 108 Å². The standard InChI is InChI=1S/C22H30O8S/c1-6-28-18(25)10-9-21(3)16-15(30-20(21)26)14(24)13-11(8-12(23)29-19(13)27-5)22(16,4)17(10)31-7-2/h8,10,13-17,19,24H,6-7,9H2,1-5H3/t10?,13?,14-,15-,16-,17?,19+,21+,22-/m1/s1. The molecule has 0 aromatic carbocycles. The van der Waals surface area contributed by atoms with Crippen LogP contribution in [0, 0.1) is 28.6 Å². The van der Waals surface area contributed by atoms with E-state index in [2.05, 4.69) is 0 Å². The molecule has 4 aliphatic rings. The Hall–Kier alpha value is -1.58. The molecule has 0 bridgehead atoms. The first-order chi connectivity index (χ1) is 14.6. The Morgan fingerprint density at radius 1 is 1.29 bits per heavy atom. The van der Waals surface area contributed by atoms with E-state index in [-0.39, 0.29) is 24.2 Å². The number of thioether (sulfide) groups is 1. The lowest BCUT2D eigenvalue weighted by molar-refractivity contribution is -0.212. The van der Waals surface area contributed by atoms with Gasteiger partial charge in [-0.1, -0.05) is 13.8 Å². The summed E-state index contributed by atoms with van der Waals surface area (Å²) in [6, 6.07) is 0. The number of methoxy groups -OCH3 is 1. The first-order valence-electron chi connectivity index (χ1n) is 10.8. The van der Waals surface area contributed by atoms with Gasteiger partial charge >= 0.3 is 17.9 Å². The third-order valence-electron chi connectivity index (χ3n) is 7.62. The molecule has 0 radical (unpaired) electrons. The lowest BCUT2D eigenvalue weighted by Gasteiger charge is -2.61. The zero-order chi connectivity index (χ0) is 22.7. The van der Waals surface area contributed by atoms with Crippen LogP contribution >= 0.6 is 11.8 Å². The van der Waals surface area contributed by atoms with Crippen LogP contribution in [-0.4, -0.2) is 66.2 Å². The number of aliphatic hydroxyl groups excluding tert-OH is 1. The van der Waals surface area contributed by atoms with E-state index in [1.165, 1.54) is 13.2 Å². The third-order valence-corrected chi connectivity index (χ3v) is 9.13. The highest BCUT2D eigenvalue weighted by Gasteiger charge is 2.74. The molecule has 3 unspecified atom stereocenters. The minimum atomic E-state index is -1.08. The number of fused-ring (bicyclic) bond motifs is 2. The van der Waals surface area contributed by atoms with E-state index in [0.29, 0.717) is 5.57 Å². The Labute approximate surface area is 186 Å². The SMILES string of the molecule is CCOC(=O)C1C[C@]2(C)C(=O)O[C@@H]3[C@H](O)C4C(=CC(=O)O[C@@H]4OC)[C@@](C)(C1SCC)[C@H]32. The fraction of sp³-hybridized carbons (Fsp3) is 0.773. The molecule has 1 saturated heterocycles. The Bertz CT molecular complexity index is 826. The highest BCUT2D eigenvalue weighted by atomic mass is 32.2. The summed E-state index contributed by atoms with van der Waals surface area (Å²) in [6.07, 6.45) is -1.16. The molecule has 0 aromatic rings. The summed E-state index contributed by atoms with van der Waals surface area (Å²) in [4.78, 5) is 38.7. The van der Waals surface area contributed by atoms with Gasteiger partial charge in [-0.05, 0) is 31.6 Å². The zero-order valence-corrected chi connectivity index (χ0v) is 19.3. The number of hydrogen-bond acceptors (Lipinski definition) is 9. The molecule has 1 N–H and O–H groups in total. The molecule has 0 spiro atoms. The maximum absolute atomic E-state index is 13.1. The second-order valence-corrected chi connectivity index (χ2v) is 10.6. The fourth-order valence-electron chi connectivity index (χ4n) is 6.57. The van der Waals surface area contributed by atoms with Gasteiger partial charge in [-0.25, -0.2) is 4.79 Å². The summed E-state index contributed by atoms with van der Waals surface area (Å²) in [5.74, 6) is -2.25. The van der Waals surface area contributed by atoms with Crippen LogP contribution in [-0.2, 0) is 33.3 Å². The van der Waals surface area contributed by atoms with E-state index in [1.807, 2.05) is 13.8 Å². The maximum Gasteiger partial charge on any atom is 0.333 e. The molecule has 172 valence electrons. The van der Waals surface area contributed by atoms with Crippen molar-refractivity contribution < 1.29 is 38.4 Å².